The molecule has 0 aliphatic carbocycles. The van der Waals surface area contributed by atoms with Crippen LogP contribution in [0.15, 0.2) is 34.3 Å². The van der Waals surface area contributed by atoms with Crippen LogP contribution >= 0.6 is 0 Å². The van der Waals surface area contributed by atoms with Gasteiger partial charge in [-0.3, -0.25) is 0 Å². The summed E-state index contributed by atoms with van der Waals surface area (Å²) in [4.78, 5) is 0. The molecular weight excluding hydrogens is 375 g/mol. The van der Waals surface area contributed by atoms with Crippen LogP contribution in [0.4, 0.5) is 0 Å². The maximum absolute atomic E-state index is 5.12. The fourth-order valence-corrected chi connectivity index (χ4v) is 40.8. The molecule has 1 nitrogen and oxygen atoms in total. The van der Waals surface area contributed by atoms with Crippen molar-refractivity contribution in [2.24, 2.45) is 3.95 Å². The van der Waals surface area contributed by atoms with E-state index in [1.807, 2.05) is 0 Å². The number of hydrogen-bond acceptors (Lipinski definition) is 1. The van der Waals surface area contributed by atoms with Gasteiger partial charge in [0.15, 0.2) is 0 Å². The van der Waals surface area contributed by atoms with E-state index in [1.165, 1.54) is 5.56 Å². The third-order valence-corrected chi connectivity index (χ3v) is 42.0. The van der Waals surface area contributed by atoms with Gasteiger partial charge in [-0.2, -0.15) is 0 Å². The number of benzene rings is 1. The van der Waals surface area contributed by atoms with Crippen molar-refractivity contribution in [2.75, 3.05) is 0 Å². The molecule has 0 unspecified atom stereocenters. The Morgan fingerprint density at radius 3 is 1.55 bits per heavy atom. The Labute approximate surface area is 147 Å². The predicted octanol–water partition coefficient (Wildman–Crippen LogP) is 5.52. The molecule has 0 saturated carbocycles. The van der Waals surface area contributed by atoms with Crippen LogP contribution in [0.5, 0.6) is 0 Å². The minimum absolute atomic E-state index is 0.332. The first-order valence-corrected chi connectivity index (χ1v) is 20.7. The maximum atomic E-state index is 5.12. The first kappa shape index (κ1) is 20.1. The molecule has 0 heterocycles. The van der Waals surface area contributed by atoms with E-state index in [2.05, 4.69) is 95.5 Å². The Hall–Kier alpha value is 0.0835. The molecule has 0 aliphatic rings. The van der Waals surface area contributed by atoms with Gasteiger partial charge >= 0.3 is 148 Å². The van der Waals surface area contributed by atoms with Crippen molar-refractivity contribution in [1.29, 1.82) is 0 Å². The molecule has 0 amide bonds. The van der Waals surface area contributed by atoms with Crippen LogP contribution in [0.1, 0.15) is 5.56 Å². The summed E-state index contributed by atoms with van der Waals surface area (Å²) >= 11 is -0.332. The average Bonchev–Trinajstić information content (AvgIpc) is 2.31. The van der Waals surface area contributed by atoms with Crippen molar-refractivity contribution >= 4 is 46.1 Å². The number of hydrogen-bond donors (Lipinski definition) is 0. The number of rotatable bonds is 6. The quantitative estimate of drug-likeness (QED) is 0.435. The monoisotopic (exact) mass is 409 g/mol. The molecule has 1 aromatic carbocycles. The van der Waals surface area contributed by atoms with Gasteiger partial charge < -0.3 is 0 Å². The van der Waals surface area contributed by atoms with Crippen LogP contribution in [0.3, 0.4) is 0 Å². The van der Waals surface area contributed by atoms with Gasteiger partial charge in [0.2, 0.25) is 0 Å². The molecule has 0 fully saturated rings. The molecule has 122 valence electrons. The normalized spacial score (nSPS) is 14.6. The fourth-order valence-electron chi connectivity index (χ4n) is 4.62. The van der Waals surface area contributed by atoms with Crippen molar-refractivity contribution in [3.8, 4) is 0 Å². The van der Waals surface area contributed by atoms with Crippen molar-refractivity contribution in [1.82, 2.24) is 0 Å². The first-order chi connectivity index (χ1) is 9.83. The van der Waals surface area contributed by atoms with Crippen LogP contribution in [0.2, 0.25) is 62.0 Å². The summed E-state index contributed by atoms with van der Waals surface area (Å²) in [5, 5.41) is 0. The van der Waals surface area contributed by atoms with Crippen LogP contribution < -0.4 is 0 Å². The summed E-state index contributed by atoms with van der Waals surface area (Å²) in [7, 11) is -3.84. The van der Waals surface area contributed by atoms with E-state index >= 15 is 0 Å². The third kappa shape index (κ3) is 4.13. The molecule has 5 heteroatoms. The van der Waals surface area contributed by atoms with Crippen LogP contribution in [0.25, 0.3) is 0 Å². The standard InChI is InChI=1S/C17H33GeNSi3/c1-20(2,3)17(21(4,5)6,22(7,8)9)18-19-15-16-13-11-10-12-14-16/h10-15H,1-9H3/b19-15+. The Morgan fingerprint density at radius 1 is 0.773 bits per heavy atom. The average molecular weight is 408 g/mol. The molecule has 22 heavy (non-hydrogen) atoms. The molecule has 0 saturated heterocycles. The van der Waals surface area contributed by atoms with Crippen molar-refractivity contribution in [3.63, 3.8) is 0 Å². The Kier molecular flexibility index (Phi) is 6.32. The van der Waals surface area contributed by atoms with Gasteiger partial charge in [0, 0.05) is 0 Å². The second-order valence-corrected chi connectivity index (χ2v) is 32.3. The van der Waals surface area contributed by atoms with Gasteiger partial charge in [0.1, 0.15) is 0 Å². The molecule has 0 bridgehead atoms. The zero-order chi connectivity index (χ0) is 17.2. The second kappa shape index (κ2) is 6.91. The van der Waals surface area contributed by atoms with E-state index in [1.54, 1.807) is 0 Å². The molecule has 0 atom stereocenters. The predicted molar refractivity (Wildman–Crippen MR) is 113 cm³/mol. The van der Waals surface area contributed by atoms with E-state index < -0.39 is 24.2 Å². The molecule has 2 radical (unpaired) electrons. The molecule has 0 spiro atoms. The van der Waals surface area contributed by atoms with Crippen LogP contribution in [-0.4, -0.2) is 46.1 Å². The first-order valence-electron chi connectivity index (χ1n) is 8.18. The Balaban J connectivity index is 3.25. The molecule has 1 aromatic rings. The fraction of sp³-hybridized carbons (Fsp3) is 0.588. The van der Waals surface area contributed by atoms with E-state index in [0.717, 1.165) is 0 Å². The van der Waals surface area contributed by atoms with Crippen LogP contribution in [-0.2, 0) is 0 Å². The van der Waals surface area contributed by atoms with Gasteiger partial charge in [-0.15, -0.1) is 0 Å². The van der Waals surface area contributed by atoms with Crippen molar-refractivity contribution in [3.05, 3.63) is 35.9 Å². The van der Waals surface area contributed by atoms with E-state index in [0.29, 0.717) is 3.12 Å². The van der Waals surface area contributed by atoms with Crippen LogP contribution in [0, 0.1) is 0 Å². The van der Waals surface area contributed by atoms with Gasteiger partial charge in [0.05, 0.1) is 0 Å². The summed E-state index contributed by atoms with van der Waals surface area (Å²) in [6.07, 6.45) is 2.15. The summed E-state index contributed by atoms with van der Waals surface area (Å²) in [6.45, 7) is 23.4. The summed E-state index contributed by atoms with van der Waals surface area (Å²) in [5.74, 6) is 0. The van der Waals surface area contributed by atoms with Gasteiger partial charge in [-0.1, -0.05) is 0 Å². The molecule has 0 N–H and O–H groups in total. The van der Waals surface area contributed by atoms with Gasteiger partial charge in [-0.05, 0) is 0 Å². The summed E-state index contributed by atoms with van der Waals surface area (Å²) in [6, 6.07) is 10.6. The molecule has 0 aromatic heterocycles. The Bertz CT molecular complexity index is 471. The minimum atomic E-state index is -1.28. The van der Waals surface area contributed by atoms with Gasteiger partial charge in [0.25, 0.3) is 0 Å². The van der Waals surface area contributed by atoms with Gasteiger partial charge in [-0.25, -0.2) is 0 Å². The topological polar surface area (TPSA) is 12.4 Å². The zero-order valence-electron chi connectivity index (χ0n) is 15.9. The third-order valence-electron chi connectivity index (χ3n) is 4.62. The zero-order valence-corrected chi connectivity index (χ0v) is 21.0. The van der Waals surface area contributed by atoms with Crippen molar-refractivity contribution in [2.45, 2.75) is 62.0 Å². The summed E-state index contributed by atoms with van der Waals surface area (Å²) in [5.41, 5.74) is 1.25. The Morgan fingerprint density at radius 2 is 1.18 bits per heavy atom. The summed E-state index contributed by atoms with van der Waals surface area (Å²) < 4.78 is 5.75. The van der Waals surface area contributed by atoms with E-state index in [4.69, 9.17) is 3.95 Å². The SMILES string of the molecule is C[Si](C)(C)[C]([Ge]/[N]=C/c1ccccc1)([Si](C)(C)C)[Si](C)(C)C. The molecule has 1 rings (SSSR count). The van der Waals surface area contributed by atoms with Crippen molar-refractivity contribution < 1.29 is 0 Å². The van der Waals surface area contributed by atoms with E-state index in [9.17, 15) is 0 Å². The number of nitrogens with zero attached hydrogens (tertiary/aromatic N) is 1. The van der Waals surface area contributed by atoms with E-state index in [-0.39, 0.29) is 15.7 Å². The molecule has 0 aliphatic heterocycles. The molecular formula is C17H33GeNSi3. The second-order valence-electron chi connectivity index (χ2n) is 9.28.